The third-order valence-electron chi connectivity index (χ3n) is 3.29. The standard InChI is InChI=1S/C13H12N6S/c1-18-8-15-17-11(18)5-6-19-10-4-2-3-9(7-14)12(10)16-13(19)20/h2-4,8H,5-6H2,1H3,(H,16,20). The van der Waals surface area contributed by atoms with Crippen molar-refractivity contribution in [3.63, 3.8) is 0 Å². The number of aromatic amines is 1. The van der Waals surface area contributed by atoms with Gasteiger partial charge < -0.3 is 14.1 Å². The number of nitrogens with zero attached hydrogens (tertiary/aromatic N) is 5. The molecule has 0 radical (unpaired) electrons. The first-order valence-electron chi connectivity index (χ1n) is 6.15. The lowest BCUT2D eigenvalue weighted by molar-refractivity contribution is 0.656. The van der Waals surface area contributed by atoms with Crippen molar-refractivity contribution in [1.29, 1.82) is 5.26 Å². The van der Waals surface area contributed by atoms with Crippen molar-refractivity contribution in [2.75, 3.05) is 0 Å². The highest BCUT2D eigenvalue weighted by Gasteiger charge is 2.09. The number of benzene rings is 1. The first kappa shape index (κ1) is 12.6. The molecule has 1 aromatic carbocycles. The molecule has 0 fully saturated rings. The van der Waals surface area contributed by atoms with Crippen molar-refractivity contribution in [1.82, 2.24) is 24.3 Å². The Balaban J connectivity index is 2.00. The number of hydrogen-bond acceptors (Lipinski definition) is 4. The number of fused-ring (bicyclic) bond motifs is 1. The molecule has 0 aliphatic carbocycles. The molecule has 100 valence electrons. The van der Waals surface area contributed by atoms with Crippen LogP contribution >= 0.6 is 12.2 Å². The van der Waals surface area contributed by atoms with Crippen LogP contribution in [0.3, 0.4) is 0 Å². The molecular weight excluding hydrogens is 272 g/mol. The molecule has 0 saturated heterocycles. The topological polar surface area (TPSA) is 75.2 Å². The van der Waals surface area contributed by atoms with Crippen molar-refractivity contribution in [3.05, 3.63) is 40.7 Å². The first-order valence-corrected chi connectivity index (χ1v) is 6.56. The Morgan fingerprint density at radius 1 is 1.45 bits per heavy atom. The average molecular weight is 284 g/mol. The second-order valence-corrected chi connectivity index (χ2v) is 4.89. The quantitative estimate of drug-likeness (QED) is 0.746. The zero-order valence-corrected chi connectivity index (χ0v) is 11.7. The Morgan fingerprint density at radius 2 is 2.30 bits per heavy atom. The molecule has 0 aliphatic heterocycles. The molecule has 0 atom stereocenters. The summed E-state index contributed by atoms with van der Waals surface area (Å²) in [6.07, 6.45) is 2.41. The van der Waals surface area contributed by atoms with Crippen molar-refractivity contribution in [3.8, 4) is 6.07 Å². The van der Waals surface area contributed by atoms with Crippen LogP contribution in [0.25, 0.3) is 11.0 Å². The SMILES string of the molecule is Cn1cnnc1CCn1c(=S)[nH]c2c(C#N)cccc21. The van der Waals surface area contributed by atoms with Crippen LogP contribution in [0, 0.1) is 16.1 Å². The number of rotatable bonds is 3. The van der Waals surface area contributed by atoms with Crippen molar-refractivity contribution in [2.24, 2.45) is 7.05 Å². The van der Waals surface area contributed by atoms with E-state index in [1.807, 2.05) is 28.3 Å². The molecule has 3 aromatic rings. The lowest BCUT2D eigenvalue weighted by atomic mass is 10.2. The van der Waals surface area contributed by atoms with Gasteiger partial charge in [-0.3, -0.25) is 0 Å². The van der Waals surface area contributed by atoms with Gasteiger partial charge in [-0.25, -0.2) is 0 Å². The highest BCUT2D eigenvalue weighted by atomic mass is 32.1. The van der Waals surface area contributed by atoms with E-state index >= 15 is 0 Å². The van der Waals surface area contributed by atoms with Crippen molar-refractivity contribution >= 4 is 23.3 Å². The molecule has 6 nitrogen and oxygen atoms in total. The van der Waals surface area contributed by atoms with Gasteiger partial charge in [0.05, 0.1) is 16.6 Å². The van der Waals surface area contributed by atoms with E-state index in [-0.39, 0.29) is 0 Å². The maximum Gasteiger partial charge on any atom is 0.178 e. The summed E-state index contributed by atoms with van der Waals surface area (Å²) >= 11 is 5.34. The highest BCUT2D eigenvalue weighted by molar-refractivity contribution is 7.71. The number of aryl methyl sites for hydroxylation is 3. The maximum absolute atomic E-state index is 9.12. The summed E-state index contributed by atoms with van der Waals surface area (Å²) in [6.45, 7) is 0.695. The van der Waals surface area contributed by atoms with Gasteiger partial charge in [0.1, 0.15) is 18.2 Å². The summed E-state index contributed by atoms with van der Waals surface area (Å²) < 4.78 is 4.49. The predicted octanol–water partition coefficient (Wildman–Crippen LogP) is 1.94. The largest absolute Gasteiger partial charge is 0.329 e. The normalized spacial score (nSPS) is 10.8. The molecule has 20 heavy (non-hydrogen) atoms. The predicted molar refractivity (Wildman–Crippen MR) is 76.5 cm³/mol. The Kier molecular flexibility index (Phi) is 3.08. The molecule has 0 amide bonds. The van der Waals surface area contributed by atoms with E-state index in [0.717, 1.165) is 23.3 Å². The molecular formula is C13H12N6S. The number of nitriles is 1. The van der Waals surface area contributed by atoms with E-state index in [9.17, 15) is 0 Å². The summed E-state index contributed by atoms with van der Waals surface area (Å²) in [5, 5.41) is 17.0. The van der Waals surface area contributed by atoms with Crippen LogP contribution in [0.15, 0.2) is 24.5 Å². The Hall–Kier alpha value is -2.46. The van der Waals surface area contributed by atoms with E-state index in [0.29, 0.717) is 16.9 Å². The highest BCUT2D eigenvalue weighted by Crippen LogP contribution is 2.18. The number of H-pyrrole nitrogens is 1. The van der Waals surface area contributed by atoms with Gasteiger partial charge in [0.15, 0.2) is 4.77 Å². The molecule has 0 spiro atoms. The van der Waals surface area contributed by atoms with Gasteiger partial charge in [0.2, 0.25) is 0 Å². The molecule has 0 unspecified atom stereocenters. The second kappa shape index (κ2) is 4.90. The monoisotopic (exact) mass is 284 g/mol. The van der Waals surface area contributed by atoms with Crippen molar-refractivity contribution in [2.45, 2.75) is 13.0 Å². The zero-order chi connectivity index (χ0) is 14.1. The fourth-order valence-corrected chi connectivity index (χ4v) is 2.53. The third-order valence-corrected chi connectivity index (χ3v) is 3.62. The summed E-state index contributed by atoms with van der Waals surface area (Å²) in [4.78, 5) is 3.10. The van der Waals surface area contributed by atoms with Crippen LogP contribution in [0.4, 0.5) is 0 Å². The van der Waals surface area contributed by atoms with Crippen LogP contribution < -0.4 is 0 Å². The minimum absolute atomic E-state index is 0.603. The third kappa shape index (κ3) is 2.00. The second-order valence-electron chi connectivity index (χ2n) is 4.50. The maximum atomic E-state index is 9.12. The van der Waals surface area contributed by atoms with Gasteiger partial charge in [-0.15, -0.1) is 10.2 Å². The van der Waals surface area contributed by atoms with Crippen LogP contribution in [0.5, 0.6) is 0 Å². The minimum atomic E-state index is 0.603. The Bertz CT molecular complexity index is 863. The van der Waals surface area contributed by atoms with Gasteiger partial charge in [0.25, 0.3) is 0 Å². The Morgan fingerprint density at radius 3 is 3.00 bits per heavy atom. The van der Waals surface area contributed by atoms with E-state index in [2.05, 4.69) is 21.3 Å². The van der Waals surface area contributed by atoms with Gasteiger partial charge >= 0.3 is 0 Å². The average Bonchev–Trinajstić information content (AvgIpc) is 2.99. The molecule has 2 aromatic heterocycles. The van der Waals surface area contributed by atoms with Crippen LogP contribution in [0.2, 0.25) is 0 Å². The molecule has 3 rings (SSSR count). The van der Waals surface area contributed by atoms with Gasteiger partial charge in [-0.2, -0.15) is 5.26 Å². The number of para-hydroxylation sites is 1. The van der Waals surface area contributed by atoms with E-state index in [1.54, 1.807) is 12.4 Å². The number of imidazole rings is 1. The fraction of sp³-hybridized carbons (Fsp3) is 0.231. The fourth-order valence-electron chi connectivity index (χ4n) is 2.24. The number of nitrogens with one attached hydrogen (secondary N) is 1. The summed E-state index contributed by atoms with van der Waals surface area (Å²) in [7, 11) is 1.91. The van der Waals surface area contributed by atoms with E-state index in [1.165, 1.54) is 0 Å². The van der Waals surface area contributed by atoms with Gasteiger partial charge in [-0.05, 0) is 24.4 Å². The number of hydrogen-bond donors (Lipinski definition) is 1. The van der Waals surface area contributed by atoms with Crippen LogP contribution in [-0.4, -0.2) is 24.3 Å². The van der Waals surface area contributed by atoms with E-state index in [4.69, 9.17) is 17.5 Å². The molecule has 1 N–H and O–H groups in total. The zero-order valence-electron chi connectivity index (χ0n) is 10.9. The summed E-state index contributed by atoms with van der Waals surface area (Å²) in [6, 6.07) is 7.77. The first-order chi connectivity index (χ1) is 9.70. The molecule has 0 bridgehead atoms. The smallest absolute Gasteiger partial charge is 0.178 e. The molecule has 0 saturated carbocycles. The van der Waals surface area contributed by atoms with Crippen LogP contribution in [-0.2, 0) is 20.0 Å². The van der Waals surface area contributed by atoms with Gasteiger partial charge in [-0.1, -0.05) is 6.07 Å². The van der Waals surface area contributed by atoms with Gasteiger partial charge in [0, 0.05) is 20.0 Å². The molecule has 2 heterocycles. The van der Waals surface area contributed by atoms with Crippen molar-refractivity contribution < 1.29 is 0 Å². The van der Waals surface area contributed by atoms with E-state index < -0.39 is 0 Å². The lowest BCUT2D eigenvalue weighted by Gasteiger charge is -2.04. The minimum Gasteiger partial charge on any atom is -0.329 e. The lowest BCUT2D eigenvalue weighted by Crippen LogP contribution is -2.05. The molecule has 0 aliphatic rings. The summed E-state index contributed by atoms with van der Waals surface area (Å²) in [5.74, 6) is 0.901. The van der Waals surface area contributed by atoms with Crippen LogP contribution in [0.1, 0.15) is 11.4 Å². The number of aromatic nitrogens is 5. The molecule has 7 heteroatoms. The summed E-state index contributed by atoms with van der Waals surface area (Å²) in [5.41, 5.74) is 2.33. The Labute approximate surface area is 120 Å².